The monoisotopic (exact) mass is 855 g/mol. The number of nitrogens with zero attached hydrogens (tertiary/aromatic N) is 5. The Morgan fingerprint density at radius 3 is 1.03 bits per heavy atom. The molecule has 0 radical (unpaired) electrons. The molecule has 7 aromatic rings. The second-order valence-corrected chi connectivity index (χ2v) is 21.6. The molecule has 0 unspecified atom stereocenters. The van der Waals surface area contributed by atoms with Crippen molar-refractivity contribution >= 4 is 0 Å². The molecule has 0 aliphatic heterocycles. The summed E-state index contributed by atoms with van der Waals surface area (Å²) in [7, 11) is 0. The first-order valence-electron chi connectivity index (χ1n) is 24.6. The number of aromatic nitrogens is 3. The third-order valence-corrected chi connectivity index (χ3v) is 17.3. The summed E-state index contributed by atoms with van der Waals surface area (Å²) in [5, 5.41) is 19.3. The van der Waals surface area contributed by atoms with Gasteiger partial charge in [-0.05, 0) is 198 Å². The molecule has 1 aromatic heterocycles. The van der Waals surface area contributed by atoms with Gasteiger partial charge in [0.2, 0.25) is 0 Å². The third-order valence-electron chi connectivity index (χ3n) is 17.3. The van der Waals surface area contributed by atoms with Gasteiger partial charge in [0.15, 0.2) is 17.5 Å². The van der Waals surface area contributed by atoms with E-state index in [-0.39, 0.29) is 0 Å². The van der Waals surface area contributed by atoms with Crippen LogP contribution >= 0.6 is 0 Å². The van der Waals surface area contributed by atoms with Crippen LogP contribution in [0.1, 0.15) is 99.3 Å². The maximum absolute atomic E-state index is 9.64. The van der Waals surface area contributed by atoms with Gasteiger partial charge in [-0.25, -0.2) is 15.0 Å². The van der Waals surface area contributed by atoms with Gasteiger partial charge in [-0.15, -0.1) is 0 Å². The van der Waals surface area contributed by atoms with Crippen LogP contribution < -0.4 is 0 Å². The van der Waals surface area contributed by atoms with E-state index >= 15 is 0 Å². The quantitative estimate of drug-likeness (QED) is 0.152. The summed E-state index contributed by atoms with van der Waals surface area (Å²) in [6.07, 6.45) is 17.0. The smallest absolute Gasteiger partial charge is 0.164 e. The Hall–Kier alpha value is -6.69. The Morgan fingerprint density at radius 1 is 0.333 bits per heavy atom. The van der Waals surface area contributed by atoms with E-state index in [0.29, 0.717) is 39.4 Å². The Morgan fingerprint density at radius 2 is 0.652 bits per heavy atom. The zero-order valence-electron chi connectivity index (χ0n) is 37.5. The van der Waals surface area contributed by atoms with Crippen LogP contribution in [0.2, 0.25) is 0 Å². The molecule has 8 saturated carbocycles. The predicted molar refractivity (Wildman–Crippen MR) is 262 cm³/mol. The lowest BCUT2D eigenvalue weighted by molar-refractivity contribution is -0.00530. The molecule has 0 spiro atoms. The SMILES string of the molecule is N#Cc1cc(C#N)cc(-c2ccc(-c3nc(-c4cccc(-c5ccc(C67C[C@H]8C[C@@H](C6)C[C@@H](C7)C8)cc5)c4)nc(-c4cccc(-c5ccc(C67C[C@H]8C[C@@H](C6)C[C@@H](C7)C8)cc5)c4)n3)cc2)c1. The second-order valence-electron chi connectivity index (χ2n) is 21.6. The zero-order valence-corrected chi connectivity index (χ0v) is 37.5. The van der Waals surface area contributed by atoms with E-state index in [1.54, 1.807) is 17.2 Å². The van der Waals surface area contributed by atoms with Crippen molar-refractivity contribution in [3.8, 4) is 79.7 Å². The highest BCUT2D eigenvalue weighted by molar-refractivity contribution is 5.76. The molecular weight excluding hydrogens is 803 g/mol. The van der Waals surface area contributed by atoms with E-state index in [1.165, 1.54) is 88.2 Å². The molecule has 15 rings (SSSR count). The number of hydrogen-bond donors (Lipinski definition) is 0. The first-order chi connectivity index (χ1) is 32.3. The maximum Gasteiger partial charge on any atom is 0.164 e. The Balaban J connectivity index is 0.847. The van der Waals surface area contributed by atoms with Gasteiger partial charge >= 0.3 is 0 Å². The molecule has 0 saturated heterocycles. The van der Waals surface area contributed by atoms with Crippen LogP contribution in [0.25, 0.3) is 67.5 Å². The Labute approximate surface area is 388 Å². The molecule has 1 heterocycles. The first kappa shape index (κ1) is 39.7. The molecule has 322 valence electrons. The maximum atomic E-state index is 9.64. The molecule has 0 amide bonds. The lowest BCUT2D eigenvalue weighted by Gasteiger charge is -2.57. The van der Waals surface area contributed by atoms with Crippen molar-refractivity contribution in [2.24, 2.45) is 35.5 Å². The van der Waals surface area contributed by atoms with Gasteiger partial charge in [0.05, 0.1) is 23.3 Å². The second kappa shape index (κ2) is 15.5. The molecule has 0 atom stereocenters. The molecule has 6 aromatic carbocycles. The highest BCUT2D eigenvalue weighted by Crippen LogP contribution is 2.62. The van der Waals surface area contributed by atoms with Gasteiger partial charge < -0.3 is 0 Å². The van der Waals surface area contributed by atoms with Crippen molar-refractivity contribution in [2.75, 3.05) is 0 Å². The lowest BCUT2D eigenvalue weighted by atomic mass is 9.48. The zero-order chi connectivity index (χ0) is 44.0. The molecule has 8 aliphatic rings. The first-order valence-corrected chi connectivity index (χ1v) is 24.6. The summed E-state index contributed by atoms with van der Waals surface area (Å²) in [4.78, 5) is 15.6. The number of benzene rings is 6. The van der Waals surface area contributed by atoms with Crippen LogP contribution in [0.15, 0.2) is 140 Å². The average Bonchev–Trinajstić information content (AvgIpc) is 3.35. The molecule has 5 heteroatoms. The Bertz CT molecular complexity index is 2860. The molecule has 66 heavy (non-hydrogen) atoms. The fourth-order valence-electron chi connectivity index (χ4n) is 15.1. The minimum atomic E-state index is 0.375. The summed E-state index contributed by atoms with van der Waals surface area (Å²) in [5.74, 6) is 7.35. The van der Waals surface area contributed by atoms with Gasteiger partial charge in [-0.2, -0.15) is 10.5 Å². The topological polar surface area (TPSA) is 86.2 Å². The largest absolute Gasteiger partial charge is 0.208 e. The van der Waals surface area contributed by atoms with E-state index in [1.807, 2.05) is 36.4 Å². The van der Waals surface area contributed by atoms with Crippen molar-refractivity contribution in [3.05, 3.63) is 162 Å². The molecular formula is C61H53N5. The number of nitriles is 2. The van der Waals surface area contributed by atoms with Crippen LogP contribution in [0, 0.1) is 58.2 Å². The van der Waals surface area contributed by atoms with Crippen molar-refractivity contribution < 1.29 is 0 Å². The highest BCUT2D eigenvalue weighted by atomic mass is 15.0. The molecule has 5 nitrogen and oxygen atoms in total. The Kier molecular flexibility index (Phi) is 9.29. The van der Waals surface area contributed by atoms with Crippen molar-refractivity contribution in [1.29, 1.82) is 10.5 Å². The van der Waals surface area contributed by atoms with Gasteiger partial charge in [0.1, 0.15) is 0 Å². The minimum absolute atomic E-state index is 0.375. The van der Waals surface area contributed by atoms with Crippen LogP contribution in [0.5, 0.6) is 0 Å². The van der Waals surface area contributed by atoms with Crippen LogP contribution in [0.3, 0.4) is 0 Å². The standard InChI is InChI=1S/C61H53N5/c62-36-44-25-45(37-63)27-54(26-44)48-7-9-49(10-8-48)57-64-58(52-5-1-3-50(28-52)46-11-15-55(16-12-46)60-30-38-19-39(31-60)21-40(20-38)32-60)66-59(65-57)53-6-2-4-51(29-53)47-13-17-56(18-14-47)61-33-41-22-42(34-61)24-43(23-41)35-61/h1-18,25-29,38-43H,19-24,30-35H2/t38-,39+,40-,41-,42+,43-,60?,61?. The average molecular weight is 856 g/mol. The normalized spacial score (nSPS) is 27.7. The molecule has 8 fully saturated rings. The lowest BCUT2D eigenvalue weighted by Crippen LogP contribution is -2.48. The van der Waals surface area contributed by atoms with E-state index in [9.17, 15) is 10.5 Å². The number of hydrogen-bond acceptors (Lipinski definition) is 5. The highest BCUT2D eigenvalue weighted by Gasteiger charge is 2.52. The van der Waals surface area contributed by atoms with Crippen molar-refractivity contribution in [1.82, 2.24) is 15.0 Å². The molecule has 0 N–H and O–H groups in total. The predicted octanol–water partition coefficient (Wildman–Crippen LogP) is 14.6. The molecule has 8 bridgehead atoms. The van der Waals surface area contributed by atoms with Crippen LogP contribution in [-0.4, -0.2) is 15.0 Å². The van der Waals surface area contributed by atoms with Crippen LogP contribution in [-0.2, 0) is 10.8 Å². The number of rotatable bonds is 8. The van der Waals surface area contributed by atoms with E-state index in [4.69, 9.17) is 15.0 Å². The third kappa shape index (κ3) is 6.98. The van der Waals surface area contributed by atoms with Crippen LogP contribution in [0.4, 0.5) is 0 Å². The van der Waals surface area contributed by atoms with E-state index in [2.05, 4.69) is 109 Å². The van der Waals surface area contributed by atoms with Gasteiger partial charge in [0, 0.05) is 16.7 Å². The summed E-state index contributed by atoms with van der Waals surface area (Å²) in [6.45, 7) is 0. The van der Waals surface area contributed by atoms with Gasteiger partial charge in [-0.1, -0.05) is 109 Å². The minimum Gasteiger partial charge on any atom is -0.208 e. The summed E-state index contributed by atoms with van der Waals surface area (Å²) >= 11 is 0. The summed E-state index contributed by atoms with van der Waals surface area (Å²) < 4.78 is 0. The summed E-state index contributed by atoms with van der Waals surface area (Å²) in [5.41, 5.74) is 13.9. The van der Waals surface area contributed by atoms with Crippen molar-refractivity contribution in [2.45, 2.75) is 87.9 Å². The van der Waals surface area contributed by atoms with Crippen molar-refractivity contribution in [3.63, 3.8) is 0 Å². The van der Waals surface area contributed by atoms with Gasteiger partial charge in [0.25, 0.3) is 0 Å². The summed E-state index contributed by atoms with van der Waals surface area (Å²) in [6, 6.07) is 54.1. The fourth-order valence-corrected chi connectivity index (χ4v) is 15.1. The van der Waals surface area contributed by atoms with E-state index < -0.39 is 0 Å². The van der Waals surface area contributed by atoms with E-state index in [0.717, 1.165) is 74.5 Å². The van der Waals surface area contributed by atoms with Gasteiger partial charge in [-0.3, -0.25) is 0 Å². The fraction of sp³-hybridized carbons (Fsp3) is 0.328. The molecule has 8 aliphatic carbocycles.